The lowest BCUT2D eigenvalue weighted by Gasteiger charge is -2.08. The first-order valence-corrected chi connectivity index (χ1v) is 6.26. The first-order valence-electron chi connectivity index (χ1n) is 5.38. The van der Waals surface area contributed by atoms with Gasteiger partial charge in [0.2, 0.25) is 0 Å². The molecule has 0 aliphatic heterocycles. The molecule has 2 heterocycles. The zero-order chi connectivity index (χ0) is 12.4. The molecule has 0 amide bonds. The van der Waals surface area contributed by atoms with E-state index < -0.39 is 0 Å². The van der Waals surface area contributed by atoms with Crippen LogP contribution in [0.4, 0.5) is 5.95 Å². The fourth-order valence-corrected chi connectivity index (χ4v) is 1.96. The van der Waals surface area contributed by atoms with Crippen molar-refractivity contribution in [2.24, 2.45) is 5.73 Å². The zero-order valence-electron chi connectivity index (χ0n) is 10.0. The first-order chi connectivity index (χ1) is 8.11. The minimum absolute atomic E-state index is 0.0746. The van der Waals surface area contributed by atoms with Gasteiger partial charge in [0, 0.05) is 19.0 Å². The van der Waals surface area contributed by atoms with Crippen molar-refractivity contribution in [3.63, 3.8) is 0 Å². The van der Waals surface area contributed by atoms with Gasteiger partial charge in [0.25, 0.3) is 11.8 Å². The summed E-state index contributed by atoms with van der Waals surface area (Å²) in [6.45, 7) is 4.74. The second kappa shape index (κ2) is 4.80. The minimum Gasteiger partial charge on any atom is -0.342 e. The van der Waals surface area contributed by atoms with E-state index in [2.05, 4.69) is 15.1 Å². The standard InChI is InChI=1S/C10H15N5OS/c1-4-15(3)10-13-8(16-14-10)7-5-17-9(12-7)6(2)11/h5-6H,4,11H2,1-3H3. The Bertz CT molecular complexity index is 492. The van der Waals surface area contributed by atoms with E-state index in [4.69, 9.17) is 10.3 Å². The van der Waals surface area contributed by atoms with Crippen molar-refractivity contribution in [3.8, 4) is 11.6 Å². The van der Waals surface area contributed by atoms with Gasteiger partial charge in [0.05, 0.1) is 6.04 Å². The van der Waals surface area contributed by atoms with E-state index in [9.17, 15) is 0 Å². The number of anilines is 1. The second-order valence-electron chi connectivity index (χ2n) is 3.77. The fourth-order valence-electron chi connectivity index (χ4n) is 1.21. The molecule has 2 aromatic rings. The van der Waals surface area contributed by atoms with Crippen molar-refractivity contribution in [3.05, 3.63) is 10.4 Å². The third-order valence-electron chi connectivity index (χ3n) is 2.36. The van der Waals surface area contributed by atoms with Crippen LogP contribution in [0.15, 0.2) is 9.90 Å². The Hall–Kier alpha value is -1.47. The molecule has 17 heavy (non-hydrogen) atoms. The van der Waals surface area contributed by atoms with E-state index in [1.807, 2.05) is 31.2 Å². The molecular weight excluding hydrogens is 238 g/mol. The molecular formula is C10H15N5OS. The van der Waals surface area contributed by atoms with Gasteiger partial charge in [-0.05, 0) is 19.0 Å². The lowest BCUT2D eigenvalue weighted by Crippen LogP contribution is -2.16. The van der Waals surface area contributed by atoms with E-state index >= 15 is 0 Å². The Morgan fingerprint density at radius 2 is 2.29 bits per heavy atom. The summed E-state index contributed by atoms with van der Waals surface area (Å²) in [6, 6.07) is -0.0746. The lowest BCUT2D eigenvalue weighted by atomic mass is 10.4. The monoisotopic (exact) mass is 253 g/mol. The van der Waals surface area contributed by atoms with Crippen LogP contribution in [-0.2, 0) is 0 Å². The van der Waals surface area contributed by atoms with Gasteiger partial charge in [-0.25, -0.2) is 4.98 Å². The molecule has 2 aromatic heterocycles. The summed E-state index contributed by atoms with van der Waals surface area (Å²) >= 11 is 1.50. The summed E-state index contributed by atoms with van der Waals surface area (Å²) in [6.07, 6.45) is 0. The van der Waals surface area contributed by atoms with Crippen molar-refractivity contribution in [1.82, 2.24) is 15.1 Å². The Balaban J connectivity index is 2.24. The summed E-state index contributed by atoms with van der Waals surface area (Å²) in [5.41, 5.74) is 6.44. The molecule has 0 aromatic carbocycles. The predicted octanol–water partition coefficient (Wildman–Crippen LogP) is 1.67. The highest BCUT2D eigenvalue weighted by molar-refractivity contribution is 7.10. The smallest absolute Gasteiger partial charge is 0.278 e. The van der Waals surface area contributed by atoms with Crippen LogP contribution in [0, 0.1) is 0 Å². The van der Waals surface area contributed by atoms with Gasteiger partial charge < -0.3 is 15.2 Å². The third-order valence-corrected chi connectivity index (χ3v) is 3.41. The highest BCUT2D eigenvalue weighted by Gasteiger charge is 2.15. The van der Waals surface area contributed by atoms with Gasteiger partial charge in [-0.15, -0.1) is 11.3 Å². The van der Waals surface area contributed by atoms with Gasteiger partial charge in [0.15, 0.2) is 0 Å². The molecule has 0 bridgehead atoms. The number of nitrogens with two attached hydrogens (primary N) is 1. The number of nitrogens with zero attached hydrogens (tertiary/aromatic N) is 4. The summed E-state index contributed by atoms with van der Waals surface area (Å²) < 4.78 is 5.17. The molecule has 2 rings (SSSR count). The predicted molar refractivity (Wildman–Crippen MR) is 67.0 cm³/mol. The zero-order valence-corrected chi connectivity index (χ0v) is 10.9. The van der Waals surface area contributed by atoms with E-state index in [0.29, 0.717) is 17.5 Å². The van der Waals surface area contributed by atoms with Crippen LogP contribution in [-0.4, -0.2) is 28.7 Å². The number of aromatic nitrogens is 3. The fraction of sp³-hybridized carbons (Fsp3) is 0.500. The number of hydrogen-bond acceptors (Lipinski definition) is 7. The molecule has 1 unspecified atom stereocenters. The quantitative estimate of drug-likeness (QED) is 0.892. The molecule has 0 spiro atoms. The van der Waals surface area contributed by atoms with Gasteiger partial charge in [0.1, 0.15) is 10.7 Å². The van der Waals surface area contributed by atoms with Crippen LogP contribution in [0.5, 0.6) is 0 Å². The van der Waals surface area contributed by atoms with Gasteiger partial charge in [-0.3, -0.25) is 0 Å². The number of rotatable bonds is 4. The Labute approximate surface area is 103 Å². The Morgan fingerprint density at radius 1 is 1.53 bits per heavy atom. The van der Waals surface area contributed by atoms with E-state index in [1.165, 1.54) is 11.3 Å². The average Bonchev–Trinajstić information content (AvgIpc) is 2.95. The first kappa shape index (κ1) is 12.0. The van der Waals surface area contributed by atoms with Gasteiger partial charge in [-0.2, -0.15) is 4.98 Å². The molecule has 0 aliphatic carbocycles. The van der Waals surface area contributed by atoms with E-state index in [-0.39, 0.29) is 6.04 Å². The normalized spacial score (nSPS) is 12.7. The molecule has 0 aliphatic rings. The topological polar surface area (TPSA) is 81.1 Å². The van der Waals surface area contributed by atoms with Crippen molar-refractivity contribution < 1.29 is 4.52 Å². The van der Waals surface area contributed by atoms with Crippen LogP contribution >= 0.6 is 11.3 Å². The van der Waals surface area contributed by atoms with Gasteiger partial charge >= 0.3 is 0 Å². The molecule has 0 saturated heterocycles. The van der Waals surface area contributed by atoms with Crippen LogP contribution in [0.3, 0.4) is 0 Å². The van der Waals surface area contributed by atoms with Gasteiger partial charge in [-0.1, -0.05) is 0 Å². The number of hydrogen-bond donors (Lipinski definition) is 1. The molecule has 92 valence electrons. The molecule has 0 fully saturated rings. The largest absolute Gasteiger partial charge is 0.342 e. The van der Waals surface area contributed by atoms with Crippen molar-refractivity contribution in [1.29, 1.82) is 0 Å². The van der Waals surface area contributed by atoms with E-state index in [1.54, 1.807) is 0 Å². The van der Waals surface area contributed by atoms with Crippen LogP contribution < -0.4 is 10.6 Å². The highest BCUT2D eigenvalue weighted by Crippen LogP contribution is 2.24. The van der Waals surface area contributed by atoms with Crippen LogP contribution in [0.2, 0.25) is 0 Å². The van der Waals surface area contributed by atoms with Crippen molar-refractivity contribution in [2.75, 3.05) is 18.5 Å². The molecule has 2 N–H and O–H groups in total. The molecule has 7 heteroatoms. The maximum absolute atomic E-state index is 5.75. The summed E-state index contributed by atoms with van der Waals surface area (Å²) in [4.78, 5) is 10.5. The van der Waals surface area contributed by atoms with Crippen LogP contribution in [0.25, 0.3) is 11.6 Å². The third kappa shape index (κ3) is 2.45. The van der Waals surface area contributed by atoms with Crippen LogP contribution in [0.1, 0.15) is 24.9 Å². The molecule has 0 saturated carbocycles. The minimum atomic E-state index is -0.0746. The summed E-state index contributed by atoms with van der Waals surface area (Å²) in [5.74, 6) is 1.00. The maximum Gasteiger partial charge on any atom is 0.278 e. The Kier molecular flexibility index (Phi) is 3.39. The molecule has 6 nitrogen and oxygen atoms in total. The molecule has 0 radical (unpaired) electrons. The van der Waals surface area contributed by atoms with Crippen molar-refractivity contribution in [2.45, 2.75) is 19.9 Å². The summed E-state index contributed by atoms with van der Waals surface area (Å²) in [7, 11) is 1.91. The van der Waals surface area contributed by atoms with Crippen molar-refractivity contribution >= 4 is 17.3 Å². The Morgan fingerprint density at radius 3 is 2.88 bits per heavy atom. The average molecular weight is 253 g/mol. The second-order valence-corrected chi connectivity index (χ2v) is 4.66. The highest BCUT2D eigenvalue weighted by atomic mass is 32.1. The maximum atomic E-state index is 5.75. The summed E-state index contributed by atoms with van der Waals surface area (Å²) in [5, 5.41) is 6.63. The lowest BCUT2D eigenvalue weighted by molar-refractivity contribution is 0.429. The number of thiazole rings is 1. The SMILES string of the molecule is CCN(C)c1noc(-c2csc(C(C)N)n2)n1. The molecule has 1 atom stereocenters. The van der Waals surface area contributed by atoms with E-state index in [0.717, 1.165) is 11.6 Å².